The van der Waals surface area contributed by atoms with Crippen LogP contribution in [0.3, 0.4) is 0 Å². The van der Waals surface area contributed by atoms with Gasteiger partial charge >= 0.3 is 0 Å². The van der Waals surface area contributed by atoms with Gasteiger partial charge in [-0.1, -0.05) is 88.4 Å². The molecule has 7 heteroatoms. The van der Waals surface area contributed by atoms with Gasteiger partial charge in [-0.15, -0.1) is 0 Å². The molecule has 0 aliphatic rings. The highest BCUT2D eigenvalue weighted by Crippen LogP contribution is 2.44. The van der Waals surface area contributed by atoms with Crippen molar-refractivity contribution in [2.75, 3.05) is 0 Å². The van der Waals surface area contributed by atoms with Crippen LogP contribution in [0.1, 0.15) is 50.7 Å². The molecule has 0 saturated heterocycles. The first kappa shape index (κ1) is 31.6. The highest BCUT2D eigenvalue weighted by molar-refractivity contribution is 6.18. The van der Waals surface area contributed by atoms with E-state index in [1.54, 1.807) is 6.33 Å². The van der Waals surface area contributed by atoms with Gasteiger partial charge in [-0.25, -0.2) is 19.9 Å². The van der Waals surface area contributed by atoms with Crippen LogP contribution in [0.2, 0.25) is 0 Å². The fourth-order valence-corrected chi connectivity index (χ4v) is 8.76. The number of para-hydroxylation sites is 5. The molecule has 264 valence electrons. The summed E-state index contributed by atoms with van der Waals surface area (Å²) >= 11 is 0. The molecule has 0 aliphatic carbocycles. The van der Waals surface area contributed by atoms with Gasteiger partial charge in [-0.05, 0) is 100.0 Å². The summed E-state index contributed by atoms with van der Waals surface area (Å²) in [7, 11) is 0. The fourth-order valence-electron chi connectivity index (χ4n) is 8.76. The number of hydrogen-bond acceptors (Lipinski definition) is 5. The van der Waals surface area contributed by atoms with E-state index in [0.717, 1.165) is 77.4 Å². The molecule has 0 amide bonds. The number of nitrogens with zero attached hydrogens (tertiary/aromatic N) is 6. The largest absolute Gasteiger partial charge is 0.457 e. The number of fused-ring (bicyclic) bond motifs is 16. The number of aromatic nitrogens is 6. The third kappa shape index (κ3) is 4.62. The lowest BCUT2D eigenvalue weighted by atomic mass is 9.84. The predicted molar refractivity (Wildman–Crippen MR) is 225 cm³/mol. The molecule has 0 aliphatic heterocycles. The summed E-state index contributed by atoms with van der Waals surface area (Å²) in [5.74, 6) is 2.18. The zero-order chi connectivity index (χ0) is 36.9. The van der Waals surface area contributed by atoms with Gasteiger partial charge in [0.1, 0.15) is 34.8 Å². The van der Waals surface area contributed by atoms with Crippen LogP contribution in [0, 0.1) is 0 Å². The van der Waals surface area contributed by atoms with E-state index in [4.69, 9.17) is 14.7 Å². The first-order valence-electron chi connectivity index (χ1n) is 18.9. The van der Waals surface area contributed by atoms with Gasteiger partial charge in [0.25, 0.3) is 0 Å². The number of benzene rings is 6. The van der Waals surface area contributed by atoms with E-state index < -0.39 is 0 Å². The van der Waals surface area contributed by atoms with Crippen LogP contribution in [0.4, 0.5) is 0 Å². The Morgan fingerprint density at radius 1 is 0.509 bits per heavy atom. The Kier molecular flexibility index (Phi) is 6.80. The molecule has 11 aromatic rings. The van der Waals surface area contributed by atoms with Crippen LogP contribution in [0.5, 0.6) is 11.5 Å². The van der Waals surface area contributed by atoms with E-state index in [9.17, 15) is 0 Å². The van der Waals surface area contributed by atoms with Crippen molar-refractivity contribution < 1.29 is 4.74 Å². The van der Waals surface area contributed by atoms with Crippen molar-refractivity contribution >= 4 is 76.8 Å². The molecule has 0 radical (unpaired) electrons. The summed E-state index contributed by atoms with van der Waals surface area (Å²) in [5, 5.41) is 6.30. The SMILES string of the molecule is CC(C)c1cccc(C(C)C)c1-c1cccc2c3ccc(Oc4ccc5c6cncnc6n6c7ccccc7nc6c5c4)cc3c3nc4ccccc4n3c12. The van der Waals surface area contributed by atoms with Crippen molar-refractivity contribution in [2.24, 2.45) is 0 Å². The van der Waals surface area contributed by atoms with Crippen molar-refractivity contribution in [3.8, 4) is 22.6 Å². The third-order valence-electron chi connectivity index (χ3n) is 11.2. The van der Waals surface area contributed by atoms with Gasteiger partial charge in [0, 0.05) is 33.3 Å². The normalized spacial score (nSPS) is 12.3. The average molecular weight is 713 g/mol. The summed E-state index contributed by atoms with van der Waals surface area (Å²) in [6.07, 6.45) is 3.47. The summed E-state index contributed by atoms with van der Waals surface area (Å²) < 4.78 is 11.2. The van der Waals surface area contributed by atoms with Gasteiger partial charge in [0.05, 0.1) is 27.6 Å². The zero-order valence-electron chi connectivity index (χ0n) is 30.9. The van der Waals surface area contributed by atoms with Crippen molar-refractivity contribution in [1.82, 2.24) is 28.7 Å². The topological polar surface area (TPSA) is 69.6 Å². The van der Waals surface area contributed by atoms with Gasteiger partial charge in [-0.3, -0.25) is 8.80 Å². The number of hydrogen-bond donors (Lipinski definition) is 0. The second-order valence-corrected chi connectivity index (χ2v) is 15.1. The molecule has 5 aromatic heterocycles. The van der Waals surface area contributed by atoms with Crippen LogP contribution in [0.25, 0.3) is 88.0 Å². The first-order chi connectivity index (χ1) is 26.9. The molecule has 0 spiro atoms. The van der Waals surface area contributed by atoms with Gasteiger partial charge in [-0.2, -0.15) is 0 Å². The van der Waals surface area contributed by atoms with Crippen molar-refractivity contribution in [3.63, 3.8) is 0 Å². The lowest BCUT2D eigenvalue weighted by molar-refractivity contribution is 0.484. The number of rotatable bonds is 5. The van der Waals surface area contributed by atoms with E-state index in [1.165, 1.54) is 33.2 Å². The second-order valence-electron chi connectivity index (χ2n) is 15.1. The molecule has 11 rings (SSSR count). The Labute approximate surface area is 316 Å². The standard InChI is InChI=1S/C48H36N6O/c1-27(2)31-11-9-12-32(28(3)4)44(31)36-14-10-13-35-33-21-19-29(23-37(33)47-51-40-15-5-7-17-42(40)53(47)45(35)36)55-30-20-22-34-38(24-30)48-52-41-16-6-8-18-43(41)54(48)46-39(34)25-49-26-50-46/h5-28H,1-4H3. The van der Waals surface area contributed by atoms with Crippen LogP contribution in [0.15, 0.2) is 134 Å². The summed E-state index contributed by atoms with van der Waals surface area (Å²) in [6.45, 7) is 9.16. The summed E-state index contributed by atoms with van der Waals surface area (Å²) in [6, 6.07) is 42.8. The fraction of sp³-hybridized carbons (Fsp3) is 0.125. The van der Waals surface area contributed by atoms with Gasteiger partial charge in [0.15, 0.2) is 0 Å². The molecular formula is C48H36N6O. The van der Waals surface area contributed by atoms with Crippen molar-refractivity contribution in [2.45, 2.75) is 39.5 Å². The highest BCUT2D eigenvalue weighted by Gasteiger charge is 2.22. The minimum Gasteiger partial charge on any atom is -0.457 e. The second kappa shape index (κ2) is 11.8. The van der Waals surface area contributed by atoms with E-state index in [-0.39, 0.29) is 0 Å². The van der Waals surface area contributed by atoms with E-state index >= 15 is 0 Å². The Balaban J connectivity index is 1.14. The third-order valence-corrected chi connectivity index (χ3v) is 11.2. The smallest absolute Gasteiger partial charge is 0.150 e. The maximum atomic E-state index is 6.74. The molecule has 0 fully saturated rings. The van der Waals surface area contributed by atoms with E-state index in [0.29, 0.717) is 11.8 Å². The zero-order valence-corrected chi connectivity index (χ0v) is 30.9. The molecule has 0 unspecified atom stereocenters. The quantitative estimate of drug-likeness (QED) is 0.166. The van der Waals surface area contributed by atoms with Crippen LogP contribution >= 0.6 is 0 Å². The molecule has 7 nitrogen and oxygen atoms in total. The maximum absolute atomic E-state index is 6.74. The molecule has 0 saturated carbocycles. The van der Waals surface area contributed by atoms with Crippen LogP contribution in [-0.2, 0) is 0 Å². The first-order valence-corrected chi connectivity index (χ1v) is 18.9. The Bertz CT molecular complexity index is 3350. The average Bonchev–Trinajstić information content (AvgIpc) is 3.80. The maximum Gasteiger partial charge on any atom is 0.150 e. The van der Waals surface area contributed by atoms with Crippen molar-refractivity contribution in [1.29, 1.82) is 0 Å². The monoisotopic (exact) mass is 712 g/mol. The predicted octanol–water partition coefficient (Wildman–Crippen LogP) is 12.4. The number of imidazole rings is 2. The molecule has 0 bridgehead atoms. The van der Waals surface area contributed by atoms with Crippen LogP contribution in [-0.4, -0.2) is 28.7 Å². The lowest BCUT2D eigenvalue weighted by Crippen LogP contribution is -2.02. The minimum atomic E-state index is 0.366. The molecular weight excluding hydrogens is 677 g/mol. The lowest BCUT2D eigenvalue weighted by Gasteiger charge is -2.22. The molecule has 5 heterocycles. The summed E-state index contributed by atoms with van der Waals surface area (Å²) in [5.41, 5.74) is 13.0. The number of ether oxygens (including phenoxy) is 1. The van der Waals surface area contributed by atoms with Gasteiger partial charge in [0.2, 0.25) is 0 Å². The Morgan fingerprint density at radius 3 is 1.75 bits per heavy atom. The van der Waals surface area contributed by atoms with E-state index in [2.05, 4.69) is 144 Å². The van der Waals surface area contributed by atoms with Crippen LogP contribution < -0.4 is 4.74 Å². The molecule has 6 aromatic carbocycles. The van der Waals surface area contributed by atoms with Gasteiger partial charge < -0.3 is 4.74 Å². The Morgan fingerprint density at radius 2 is 1.09 bits per heavy atom. The summed E-state index contributed by atoms with van der Waals surface area (Å²) in [4.78, 5) is 19.4. The van der Waals surface area contributed by atoms with Crippen molar-refractivity contribution in [3.05, 3.63) is 145 Å². The minimum absolute atomic E-state index is 0.366. The Hall–Kier alpha value is -6.86. The molecule has 0 N–H and O–H groups in total. The van der Waals surface area contributed by atoms with E-state index in [1.807, 2.05) is 30.5 Å². The molecule has 55 heavy (non-hydrogen) atoms. The molecule has 0 atom stereocenters. The highest BCUT2D eigenvalue weighted by atomic mass is 16.5. The number of pyridine rings is 2.